The number of carboxylic acid groups (broad SMARTS) is 1. The summed E-state index contributed by atoms with van der Waals surface area (Å²) >= 11 is 6.33. The zero-order valence-electron chi connectivity index (χ0n) is 15.6. The van der Waals surface area contributed by atoms with Gasteiger partial charge in [0.1, 0.15) is 22.8 Å². The van der Waals surface area contributed by atoms with Crippen molar-refractivity contribution >= 4 is 23.4 Å². The molecule has 0 radical (unpaired) electrons. The molecule has 0 bridgehead atoms. The highest BCUT2D eigenvalue weighted by Gasteiger charge is 2.25. The molecule has 0 fully saturated rings. The normalized spacial score (nSPS) is 10.5. The number of carbonyl (C=O) groups excluding carboxylic acids is 1. The lowest BCUT2D eigenvalue weighted by molar-refractivity contribution is -0.118. The number of halogens is 1. The van der Waals surface area contributed by atoms with Crippen LogP contribution in [0.2, 0.25) is 5.02 Å². The van der Waals surface area contributed by atoms with Gasteiger partial charge in [0.15, 0.2) is 13.6 Å². The van der Waals surface area contributed by atoms with Crippen molar-refractivity contribution in [1.29, 1.82) is 0 Å². The number of Topliss-reactive ketones (excluding diaryl/α,β-unsaturated/α-hetero) is 1. The maximum absolute atomic E-state index is 12.3. The van der Waals surface area contributed by atoms with Gasteiger partial charge in [-0.3, -0.25) is 4.79 Å². The summed E-state index contributed by atoms with van der Waals surface area (Å²) in [7, 11) is 2.85. The largest absolute Gasteiger partial charge is 0.478 e. The molecule has 1 rings (SSSR count). The van der Waals surface area contributed by atoms with Crippen molar-refractivity contribution in [2.75, 3.05) is 27.8 Å². The minimum absolute atomic E-state index is 0.00862. The average Bonchev–Trinajstić information content (AvgIpc) is 2.64. The molecular formula is C19H25ClO7. The molecule has 8 heteroatoms. The van der Waals surface area contributed by atoms with Gasteiger partial charge in [-0.05, 0) is 19.3 Å². The van der Waals surface area contributed by atoms with Crippen molar-refractivity contribution in [1.82, 2.24) is 0 Å². The number of hydrogen-bond donors (Lipinski definition) is 1. The third-order valence-electron chi connectivity index (χ3n) is 3.66. The van der Waals surface area contributed by atoms with Gasteiger partial charge < -0.3 is 24.1 Å². The van der Waals surface area contributed by atoms with Crippen molar-refractivity contribution in [3.63, 3.8) is 0 Å². The summed E-state index contributed by atoms with van der Waals surface area (Å²) in [5, 5.41) is 9.68. The molecule has 0 amide bonds. The molecule has 0 aliphatic rings. The number of carbonyl (C=O) groups is 2. The van der Waals surface area contributed by atoms with Crippen LogP contribution >= 0.6 is 11.6 Å². The van der Waals surface area contributed by atoms with Gasteiger partial charge in [-0.1, -0.05) is 17.7 Å². The SMILES string of the molecule is C=CCCCCC(=O)Cc1c(Cl)c(OCOC)cc(OCOC)c1C(=O)O. The Balaban J connectivity index is 3.20. The molecule has 0 aliphatic heterocycles. The Labute approximate surface area is 163 Å². The van der Waals surface area contributed by atoms with Gasteiger partial charge in [-0.25, -0.2) is 4.79 Å². The smallest absolute Gasteiger partial charge is 0.339 e. The Kier molecular flexibility index (Phi) is 10.5. The summed E-state index contributed by atoms with van der Waals surface area (Å²) in [4.78, 5) is 24.1. The molecule has 0 saturated heterocycles. The van der Waals surface area contributed by atoms with Gasteiger partial charge in [0.25, 0.3) is 0 Å². The molecule has 0 aliphatic carbocycles. The van der Waals surface area contributed by atoms with E-state index in [1.54, 1.807) is 6.08 Å². The van der Waals surface area contributed by atoms with Crippen LogP contribution in [-0.4, -0.2) is 44.7 Å². The lowest BCUT2D eigenvalue weighted by atomic mass is 9.98. The quantitative estimate of drug-likeness (QED) is 0.288. The van der Waals surface area contributed by atoms with Gasteiger partial charge in [0.05, 0.1) is 5.02 Å². The van der Waals surface area contributed by atoms with Crippen molar-refractivity contribution < 1.29 is 33.6 Å². The average molecular weight is 401 g/mol. The zero-order valence-corrected chi connectivity index (χ0v) is 16.3. The lowest BCUT2D eigenvalue weighted by Crippen LogP contribution is -2.14. The predicted octanol–water partition coefficient (Wildman–Crippen LogP) is 3.86. The van der Waals surface area contributed by atoms with E-state index in [4.69, 9.17) is 30.5 Å². The fraction of sp³-hybridized carbons (Fsp3) is 0.474. The number of aromatic carboxylic acids is 1. The van der Waals surface area contributed by atoms with Gasteiger partial charge in [-0.15, -0.1) is 6.58 Å². The first-order valence-corrected chi connectivity index (χ1v) is 8.78. The Bertz CT molecular complexity index is 658. The number of unbranched alkanes of at least 4 members (excludes halogenated alkanes) is 2. The van der Waals surface area contributed by atoms with Gasteiger partial charge in [0.2, 0.25) is 0 Å². The van der Waals surface area contributed by atoms with Crippen LogP contribution in [0.5, 0.6) is 11.5 Å². The summed E-state index contributed by atoms with van der Waals surface area (Å²) in [5.41, 5.74) is -0.0288. The number of ketones is 1. The van der Waals surface area contributed by atoms with Crippen molar-refractivity contribution in [3.8, 4) is 11.5 Å². The molecule has 0 unspecified atom stereocenters. The number of rotatable bonds is 14. The number of allylic oxidation sites excluding steroid dienone is 1. The molecule has 0 spiro atoms. The second kappa shape index (κ2) is 12.3. The standard InChI is InChI=1S/C19H25ClO7/c1-4-5-6-7-8-13(21)9-14-17(19(22)23)15(26-11-24-2)10-16(18(14)20)27-12-25-3/h4,10H,1,5-9,11-12H2,2-3H3,(H,22,23). The Hall–Kier alpha value is -2.09. The minimum Gasteiger partial charge on any atom is -0.478 e. The van der Waals surface area contributed by atoms with Crippen LogP contribution in [0.3, 0.4) is 0 Å². The van der Waals surface area contributed by atoms with Crippen molar-refractivity contribution in [2.45, 2.75) is 32.1 Å². The van der Waals surface area contributed by atoms with Crippen LogP contribution in [0, 0.1) is 0 Å². The third-order valence-corrected chi connectivity index (χ3v) is 4.07. The lowest BCUT2D eigenvalue weighted by Gasteiger charge is -2.17. The molecular weight excluding hydrogens is 376 g/mol. The molecule has 0 heterocycles. The Morgan fingerprint density at radius 3 is 2.33 bits per heavy atom. The van der Waals surface area contributed by atoms with Crippen LogP contribution in [0.15, 0.2) is 18.7 Å². The monoisotopic (exact) mass is 400 g/mol. The maximum Gasteiger partial charge on any atom is 0.339 e. The number of methoxy groups -OCH3 is 2. The van der Waals surface area contributed by atoms with E-state index in [-0.39, 0.29) is 53.4 Å². The summed E-state index contributed by atoms with van der Waals surface area (Å²) in [6.45, 7) is 3.38. The molecule has 1 N–H and O–H groups in total. The van der Waals surface area contributed by atoms with Gasteiger partial charge >= 0.3 is 5.97 Å². The number of ether oxygens (including phenoxy) is 4. The summed E-state index contributed by atoms with van der Waals surface area (Å²) in [5.74, 6) is -1.20. The fourth-order valence-corrected chi connectivity index (χ4v) is 2.69. The van der Waals surface area contributed by atoms with E-state index in [1.165, 1.54) is 20.3 Å². The van der Waals surface area contributed by atoms with Crippen molar-refractivity contribution in [3.05, 3.63) is 34.9 Å². The molecule has 0 saturated carbocycles. The molecule has 1 aromatic rings. The second-order valence-electron chi connectivity index (χ2n) is 5.70. The second-order valence-corrected chi connectivity index (χ2v) is 6.08. The molecule has 7 nitrogen and oxygen atoms in total. The first kappa shape index (κ1) is 23.0. The third kappa shape index (κ3) is 7.21. The van der Waals surface area contributed by atoms with Crippen LogP contribution in [-0.2, 0) is 20.7 Å². The highest BCUT2D eigenvalue weighted by molar-refractivity contribution is 6.33. The van der Waals surface area contributed by atoms with Crippen LogP contribution in [0.4, 0.5) is 0 Å². The first-order chi connectivity index (χ1) is 13.0. The summed E-state index contributed by atoms with van der Waals surface area (Å²) < 4.78 is 20.4. The highest BCUT2D eigenvalue weighted by Crippen LogP contribution is 2.38. The highest BCUT2D eigenvalue weighted by atomic mass is 35.5. The van der Waals surface area contributed by atoms with E-state index in [0.717, 1.165) is 12.8 Å². The first-order valence-electron chi connectivity index (χ1n) is 8.40. The van der Waals surface area contributed by atoms with E-state index in [1.807, 2.05) is 0 Å². The number of carboxylic acids is 1. The van der Waals surface area contributed by atoms with E-state index < -0.39 is 5.97 Å². The van der Waals surface area contributed by atoms with E-state index >= 15 is 0 Å². The molecule has 27 heavy (non-hydrogen) atoms. The van der Waals surface area contributed by atoms with Gasteiger partial charge in [0, 0.05) is 38.7 Å². The predicted molar refractivity (Wildman–Crippen MR) is 101 cm³/mol. The van der Waals surface area contributed by atoms with E-state index in [9.17, 15) is 14.7 Å². The van der Waals surface area contributed by atoms with Crippen LogP contribution in [0.25, 0.3) is 0 Å². The summed E-state index contributed by atoms with van der Waals surface area (Å²) in [6.07, 6.45) is 4.33. The molecule has 150 valence electrons. The fourth-order valence-electron chi connectivity index (χ4n) is 2.42. The van der Waals surface area contributed by atoms with Gasteiger partial charge in [-0.2, -0.15) is 0 Å². The van der Waals surface area contributed by atoms with Crippen molar-refractivity contribution in [2.24, 2.45) is 0 Å². The van der Waals surface area contributed by atoms with E-state index in [0.29, 0.717) is 12.8 Å². The van der Waals surface area contributed by atoms with Crippen LogP contribution in [0.1, 0.15) is 41.6 Å². The number of benzene rings is 1. The zero-order chi connectivity index (χ0) is 20.2. The maximum atomic E-state index is 12.3. The summed E-state index contributed by atoms with van der Waals surface area (Å²) in [6, 6.07) is 1.35. The number of hydrogen-bond acceptors (Lipinski definition) is 6. The minimum atomic E-state index is -1.25. The molecule has 1 aromatic carbocycles. The molecule has 0 atom stereocenters. The van der Waals surface area contributed by atoms with Crippen LogP contribution < -0.4 is 9.47 Å². The Morgan fingerprint density at radius 1 is 1.15 bits per heavy atom. The topological polar surface area (TPSA) is 91.3 Å². The Morgan fingerprint density at radius 2 is 1.78 bits per heavy atom. The van der Waals surface area contributed by atoms with E-state index in [2.05, 4.69) is 6.58 Å². The molecule has 0 aromatic heterocycles.